The molecule has 0 aliphatic heterocycles. The van der Waals surface area contributed by atoms with Crippen LogP contribution in [0, 0.1) is 17.5 Å². The van der Waals surface area contributed by atoms with Crippen molar-refractivity contribution in [2.24, 2.45) is 0 Å². The molecule has 1 unspecified atom stereocenters. The highest BCUT2D eigenvalue weighted by molar-refractivity contribution is 7.89. The molecule has 0 aromatic heterocycles. The molecule has 2 aromatic carbocycles. The summed E-state index contributed by atoms with van der Waals surface area (Å²) in [6.07, 6.45) is 0. The molecule has 0 heterocycles. The summed E-state index contributed by atoms with van der Waals surface area (Å²) < 4.78 is 66.9. The van der Waals surface area contributed by atoms with Gasteiger partial charge in [-0.3, -0.25) is 4.79 Å². The Morgan fingerprint density at radius 3 is 2.39 bits per heavy atom. The number of sulfonamides is 1. The maximum Gasteiger partial charge on any atom is 0.244 e. The Balaban J connectivity index is 2.05. The van der Waals surface area contributed by atoms with E-state index in [2.05, 4.69) is 5.32 Å². The molecule has 0 aliphatic rings. The first-order valence-electron chi connectivity index (χ1n) is 8.16. The summed E-state index contributed by atoms with van der Waals surface area (Å²) in [6, 6.07) is 5.95. The standard InChI is InChI=1S/C18H19F3N2O4S/c1-11(23-28(26,27)16-6-4-3-5-14(16)20)17(24)22-10-18(2,25)13-8-7-12(19)9-15(13)21/h3-9,11,23,25H,10H2,1-2H3,(H,22,24)/t11-,18?/m0/s1. The van der Waals surface area contributed by atoms with Gasteiger partial charge in [0, 0.05) is 11.6 Å². The Morgan fingerprint density at radius 1 is 1.14 bits per heavy atom. The van der Waals surface area contributed by atoms with Gasteiger partial charge in [0.1, 0.15) is 27.9 Å². The Morgan fingerprint density at radius 2 is 1.79 bits per heavy atom. The van der Waals surface area contributed by atoms with Gasteiger partial charge in [-0.15, -0.1) is 0 Å². The van der Waals surface area contributed by atoms with Crippen LogP contribution in [0.4, 0.5) is 13.2 Å². The second-order valence-corrected chi connectivity index (χ2v) is 8.07. The van der Waals surface area contributed by atoms with Gasteiger partial charge < -0.3 is 10.4 Å². The summed E-state index contributed by atoms with van der Waals surface area (Å²) in [5.41, 5.74) is -2.12. The van der Waals surface area contributed by atoms with E-state index in [1.165, 1.54) is 26.0 Å². The van der Waals surface area contributed by atoms with Crippen molar-refractivity contribution < 1.29 is 31.5 Å². The lowest BCUT2D eigenvalue weighted by Crippen LogP contribution is -2.48. The van der Waals surface area contributed by atoms with Gasteiger partial charge in [-0.25, -0.2) is 21.6 Å². The fourth-order valence-electron chi connectivity index (χ4n) is 2.45. The van der Waals surface area contributed by atoms with Crippen molar-refractivity contribution in [2.45, 2.75) is 30.4 Å². The minimum atomic E-state index is -4.30. The zero-order valence-electron chi connectivity index (χ0n) is 15.0. The van der Waals surface area contributed by atoms with E-state index in [9.17, 15) is 31.5 Å². The van der Waals surface area contributed by atoms with Crippen LogP contribution in [-0.2, 0) is 20.4 Å². The smallest absolute Gasteiger partial charge is 0.244 e. The van der Waals surface area contributed by atoms with Gasteiger partial charge in [-0.2, -0.15) is 4.72 Å². The van der Waals surface area contributed by atoms with Crippen molar-refractivity contribution in [1.29, 1.82) is 0 Å². The van der Waals surface area contributed by atoms with E-state index in [0.717, 1.165) is 24.3 Å². The van der Waals surface area contributed by atoms with Gasteiger partial charge in [0.15, 0.2) is 0 Å². The van der Waals surface area contributed by atoms with Crippen molar-refractivity contribution in [1.82, 2.24) is 10.0 Å². The number of hydrogen-bond donors (Lipinski definition) is 3. The molecular formula is C18H19F3N2O4S. The zero-order chi connectivity index (χ0) is 21.1. The fourth-order valence-corrected chi connectivity index (χ4v) is 3.73. The Kier molecular flexibility index (Phi) is 6.48. The number of benzene rings is 2. The molecule has 0 spiro atoms. The van der Waals surface area contributed by atoms with Gasteiger partial charge in [0.2, 0.25) is 15.9 Å². The van der Waals surface area contributed by atoms with E-state index in [1.807, 2.05) is 4.72 Å². The molecule has 3 N–H and O–H groups in total. The van der Waals surface area contributed by atoms with E-state index in [1.54, 1.807) is 0 Å². The average Bonchev–Trinajstić information content (AvgIpc) is 2.59. The second-order valence-electron chi connectivity index (χ2n) is 6.39. The number of hydrogen-bond acceptors (Lipinski definition) is 4. The highest BCUT2D eigenvalue weighted by Crippen LogP contribution is 2.23. The van der Waals surface area contributed by atoms with Crippen LogP contribution in [0.1, 0.15) is 19.4 Å². The SMILES string of the molecule is C[C@H](NS(=O)(=O)c1ccccc1F)C(=O)NCC(C)(O)c1ccc(F)cc1F. The third-order valence-electron chi connectivity index (χ3n) is 3.97. The van der Waals surface area contributed by atoms with Gasteiger partial charge >= 0.3 is 0 Å². The number of aliphatic hydroxyl groups is 1. The van der Waals surface area contributed by atoms with E-state index in [-0.39, 0.29) is 5.56 Å². The second kappa shape index (κ2) is 8.29. The van der Waals surface area contributed by atoms with Crippen LogP contribution in [0.5, 0.6) is 0 Å². The van der Waals surface area contributed by atoms with E-state index < -0.39 is 56.5 Å². The van der Waals surface area contributed by atoms with Gasteiger partial charge in [-0.1, -0.05) is 18.2 Å². The highest BCUT2D eigenvalue weighted by atomic mass is 32.2. The van der Waals surface area contributed by atoms with Crippen molar-refractivity contribution in [3.63, 3.8) is 0 Å². The lowest BCUT2D eigenvalue weighted by atomic mass is 9.95. The number of carbonyl (C=O) groups is 1. The first-order valence-corrected chi connectivity index (χ1v) is 9.65. The third kappa shape index (κ3) is 5.09. The normalized spacial score (nSPS) is 14.9. The topological polar surface area (TPSA) is 95.5 Å². The molecule has 6 nitrogen and oxygen atoms in total. The summed E-state index contributed by atoms with van der Waals surface area (Å²) in [6.45, 7) is 1.96. The van der Waals surface area contributed by atoms with Crippen LogP contribution in [0.2, 0.25) is 0 Å². The van der Waals surface area contributed by atoms with E-state index >= 15 is 0 Å². The van der Waals surface area contributed by atoms with Crippen LogP contribution in [0.15, 0.2) is 47.4 Å². The van der Waals surface area contributed by atoms with Gasteiger partial charge in [0.25, 0.3) is 0 Å². The molecule has 28 heavy (non-hydrogen) atoms. The quantitative estimate of drug-likeness (QED) is 0.641. The number of nitrogens with one attached hydrogen (secondary N) is 2. The molecule has 1 amide bonds. The van der Waals surface area contributed by atoms with E-state index in [0.29, 0.717) is 6.07 Å². The highest BCUT2D eigenvalue weighted by Gasteiger charge is 2.29. The minimum absolute atomic E-state index is 0.242. The molecule has 10 heteroatoms. The molecule has 2 atom stereocenters. The predicted octanol–water partition coefficient (Wildman–Crippen LogP) is 1.79. The summed E-state index contributed by atoms with van der Waals surface area (Å²) in [5.74, 6) is -3.62. The van der Waals surface area contributed by atoms with Crippen molar-refractivity contribution in [2.75, 3.05) is 6.54 Å². The van der Waals surface area contributed by atoms with Crippen LogP contribution < -0.4 is 10.0 Å². The molecule has 0 bridgehead atoms. The number of halogens is 3. The number of rotatable bonds is 7. The van der Waals surface area contributed by atoms with Crippen molar-refractivity contribution in [3.8, 4) is 0 Å². The summed E-state index contributed by atoms with van der Waals surface area (Å²) >= 11 is 0. The molecule has 2 aromatic rings. The summed E-state index contributed by atoms with van der Waals surface area (Å²) in [7, 11) is -4.30. The maximum absolute atomic E-state index is 13.8. The van der Waals surface area contributed by atoms with Crippen molar-refractivity contribution >= 4 is 15.9 Å². The molecule has 0 aliphatic carbocycles. The average molecular weight is 416 g/mol. The van der Waals surface area contributed by atoms with Gasteiger partial charge in [-0.05, 0) is 32.0 Å². The van der Waals surface area contributed by atoms with Crippen LogP contribution in [-0.4, -0.2) is 32.0 Å². The Hall–Kier alpha value is -2.43. The van der Waals surface area contributed by atoms with E-state index in [4.69, 9.17) is 0 Å². The summed E-state index contributed by atoms with van der Waals surface area (Å²) in [4.78, 5) is 11.5. The van der Waals surface area contributed by atoms with Gasteiger partial charge in [0.05, 0.1) is 12.6 Å². The monoisotopic (exact) mass is 416 g/mol. The Bertz CT molecular complexity index is 981. The summed E-state index contributed by atoms with van der Waals surface area (Å²) in [5, 5.41) is 12.7. The third-order valence-corrected chi connectivity index (χ3v) is 5.54. The largest absolute Gasteiger partial charge is 0.383 e. The number of amides is 1. The first kappa shape index (κ1) is 21.9. The minimum Gasteiger partial charge on any atom is -0.383 e. The van der Waals surface area contributed by atoms with Crippen LogP contribution >= 0.6 is 0 Å². The molecule has 152 valence electrons. The van der Waals surface area contributed by atoms with Crippen LogP contribution in [0.3, 0.4) is 0 Å². The predicted molar refractivity (Wildman–Crippen MR) is 95.1 cm³/mol. The lowest BCUT2D eigenvalue weighted by Gasteiger charge is -2.25. The molecule has 2 rings (SSSR count). The van der Waals surface area contributed by atoms with Crippen molar-refractivity contribution in [3.05, 3.63) is 65.5 Å². The first-order chi connectivity index (χ1) is 12.9. The Labute approximate surface area is 160 Å². The maximum atomic E-state index is 13.8. The lowest BCUT2D eigenvalue weighted by molar-refractivity contribution is -0.123. The molecule has 0 saturated heterocycles. The molecule has 0 fully saturated rings. The fraction of sp³-hybridized carbons (Fsp3) is 0.278. The molecule has 0 saturated carbocycles. The zero-order valence-corrected chi connectivity index (χ0v) is 15.9. The molecule has 0 radical (unpaired) electrons. The molecular weight excluding hydrogens is 397 g/mol. The number of carbonyl (C=O) groups excluding carboxylic acids is 1. The van der Waals surface area contributed by atoms with Crippen LogP contribution in [0.25, 0.3) is 0 Å².